The quantitative estimate of drug-likeness (QED) is 0.873. The Labute approximate surface area is 111 Å². The van der Waals surface area contributed by atoms with Crippen molar-refractivity contribution >= 4 is 11.3 Å². The zero-order chi connectivity index (χ0) is 12.5. The van der Waals surface area contributed by atoms with E-state index in [4.69, 9.17) is 0 Å². The summed E-state index contributed by atoms with van der Waals surface area (Å²) < 4.78 is 13.7. The first-order valence-corrected chi connectivity index (χ1v) is 7.18. The smallest absolute Gasteiger partial charge is 0.127 e. The van der Waals surface area contributed by atoms with Gasteiger partial charge in [-0.2, -0.15) is 0 Å². The predicted octanol–water partition coefficient (Wildman–Crippen LogP) is 4.11. The van der Waals surface area contributed by atoms with Crippen LogP contribution in [0.5, 0.6) is 0 Å². The third kappa shape index (κ3) is 2.47. The molecule has 3 rings (SSSR count). The summed E-state index contributed by atoms with van der Waals surface area (Å²) in [5.74, 6) is -0.110. The van der Waals surface area contributed by atoms with Crippen LogP contribution in [-0.2, 0) is 6.54 Å². The van der Waals surface area contributed by atoms with E-state index in [1.54, 1.807) is 17.4 Å². The highest BCUT2D eigenvalue weighted by Gasteiger charge is 2.20. The summed E-state index contributed by atoms with van der Waals surface area (Å²) in [6, 6.07) is 8.14. The van der Waals surface area contributed by atoms with Crippen LogP contribution in [0.3, 0.4) is 0 Å². The van der Waals surface area contributed by atoms with Crippen LogP contribution in [0.15, 0.2) is 29.6 Å². The summed E-state index contributed by atoms with van der Waals surface area (Å²) in [6.07, 6.45) is 2.46. The Kier molecular flexibility index (Phi) is 3.18. The topological polar surface area (TPSA) is 12.0 Å². The van der Waals surface area contributed by atoms with Crippen LogP contribution in [0, 0.1) is 12.7 Å². The molecule has 1 saturated carbocycles. The highest BCUT2D eigenvalue weighted by atomic mass is 32.1. The van der Waals surface area contributed by atoms with Gasteiger partial charge in [-0.15, -0.1) is 11.3 Å². The molecule has 1 aliphatic carbocycles. The Bertz CT molecular complexity index is 557. The number of thiophene rings is 1. The molecule has 94 valence electrons. The van der Waals surface area contributed by atoms with Crippen LogP contribution in [0.2, 0.25) is 0 Å². The van der Waals surface area contributed by atoms with E-state index in [1.165, 1.54) is 23.3 Å². The van der Waals surface area contributed by atoms with Crippen LogP contribution in [0.25, 0.3) is 10.4 Å². The molecule has 1 nitrogen and oxygen atoms in total. The van der Waals surface area contributed by atoms with Crippen molar-refractivity contribution in [2.75, 3.05) is 0 Å². The highest BCUT2D eigenvalue weighted by Crippen LogP contribution is 2.30. The van der Waals surface area contributed by atoms with Gasteiger partial charge in [-0.05, 0) is 54.5 Å². The average Bonchev–Trinajstić information content (AvgIpc) is 3.10. The first-order chi connectivity index (χ1) is 8.74. The molecule has 0 spiro atoms. The average molecular weight is 261 g/mol. The molecule has 0 aliphatic heterocycles. The highest BCUT2D eigenvalue weighted by molar-refractivity contribution is 7.13. The van der Waals surface area contributed by atoms with Crippen LogP contribution in [0.4, 0.5) is 4.39 Å². The van der Waals surface area contributed by atoms with Crippen molar-refractivity contribution < 1.29 is 4.39 Å². The number of benzene rings is 1. The summed E-state index contributed by atoms with van der Waals surface area (Å²) >= 11 is 1.71. The second-order valence-corrected chi connectivity index (χ2v) is 5.81. The minimum absolute atomic E-state index is 0.110. The van der Waals surface area contributed by atoms with Gasteiger partial charge >= 0.3 is 0 Å². The fourth-order valence-electron chi connectivity index (χ4n) is 2.06. The van der Waals surface area contributed by atoms with Gasteiger partial charge in [0, 0.05) is 23.0 Å². The maximum Gasteiger partial charge on any atom is 0.127 e. The molecule has 0 bridgehead atoms. The van der Waals surface area contributed by atoms with Crippen molar-refractivity contribution in [1.82, 2.24) is 5.32 Å². The van der Waals surface area contributed by atoms with E-state index < -0.39 is 0 Å². The summed E-state index contributed by atoms with van der Waals surface area (Å²) in [5.41, 5.74) is 3.15. The molecule has 18 heavy (non-hydrogen) atoms. The normalized spacial score (nSPS) is 15.0. The summed E-state index contributed by atoms with van der Waals surface area (Å²) in [7, 11) is 0. The van der Waals surface area contributed by atoms with E-state index in [2.05, 4.69) is 23.7 Å². The van der Waals surface area contributed by atoms with Crippen molar-refractivity contribution in [2.45, 2.75) is 32.4 Å². The third-order valence-electron chi connectivity index (χ3n) is 3.33. The second kappa shape index (κ2) is 4.82. The van der Waals surface area contributed by atoms with Gasteiger partial charge in [0.15, 0.2) is 0 Å². The van der Waals surface area contributed by atoms with Gasteiger partial charge in [-0.1, -0.05) is 6.07 Å². The monoisotopic (exact) mass is 261 g/mol. The number of nitrogens with one attached hydrogen (secondary N) is 1. The van der Waals surface area contributed by atoms with E-state index in [-0.39, 0.29) is 5.82 Å². The number of hydrogen-bond acceptors (Lipinski definition) is 2. The summed E-state index contributed by atoms with van der Waals surface area (Å²) in [6.45, 7) is 2.73. The third-order valence-corrected chi connectivity index (χ3v) is 4.39. The lowest BCUT2D eigenvalue weighted by Gasteiger charge is -2.07. The second-order valence-electron chi connectivity index (χ2n) is 4.89. The Morgan fingerprint density at radius 2 is 2.17 bits per heavy atom. The van der Waals surface area contributed by atoms with Gasteiger partial charge in [0.2, 0.25) is 0 Å². The van der Waals surface area contributed by atoms with Gasteiger partial charge < -0.3 is 5.32 Å². The summed E-state index contributed by atoms with van der Waals surface area (Å²) in [4.78, 5) is 1.24. The predicted molar refractivity (Wildman–Crippen MR) is 74.3 cm³/mol. The van der Waals surface area contributed by atoms with Gasteiger partial charge in [0.1, 0.15) is 5.82 Å². The standard InChI is InChI=1S/C15H16FNS/c1-10-6-7-18-15(10)11-2-5-14(16)12(8-11)9-17-13-3-4-13/h2,5-8,13,17H,3-4,9H2,1H3. The van der Waals surface area contributed by atoms with Crippen LogP contribution >= 0.6 is 11.3 Å². The first kappa shape index (κ1) is 11.9. The molecular weight excluding hydrogens is 245 g/mol. The molecule has 1 fully saturated rings. The van der Waals surface area contributed by atoms with Gasteiger partial charge in [-0.3, -0.25) is 0 Å². The molecular formula is C15H16FNS. The molecule has 0 saturated heterocycles. The van der Waals surface area contributed by atoms with Crippen LogP contribution < -0.4 is 5.32 Å². The SMILES string of the molecule is Cc1ccsc1-c1ccc(F)c(CNC2CC2)c1. The molecule has 1 heterocycles. The molecule has 1 N–H and O–H groups in total. The van der Waals surface area contributed by atoms with E-state index >= 15 is 0 Å². The lowest BCUT2D eigenvalue weighted by atomic mass is 10.1. The Balaban J connectivity index is 1.87. The van der Waals surface area contributed by atoms with Gasteiger partial charge in [0.05, 0.1) is 0 Å². The number of rotatable bonds is 4. The fraction of sp³-hybridized carbons (Fsp3) is 0.333. The minimum Gasteiger partial charge on any atom is -0.310 e. The van der Waals surface area contributed by atoms with Crippen molar-refractivity contribution in [3.8, 4) is 10.4 Å². The molecule has 1 aliphatic rings. The van der Waals surface area contributed by atoms with E-state index in [0.717, 1.165) is 11.1 Å². The van der Waals surface area contributed by atoms with E-state index in [9.17, 15) is 4.39 Å². The Morgan fingerprint density at radius 1 is 1.33 bits per heavy atom. The molecule has 2 aromatic rings. The van der Waals surface area contributed by atoms with Crippen molar-refractivity contribution in [3.05, 3.63) is 46.6 Å². The number of halogens is 1. The molecule has 1 aromatic heterocycles. The molecule has 0 radical (unpaired) electrons. The van der Waals surface area contributed by atoms with E-state index in [1.807, 2.05) is 12.1 Å². The summed E-state index contributed by atoms with van der Waals surface area (Å²) in [5, 5.41) is 5.44. The maximum absolute atomic E-state index is 13.7. The number of hydrogen-bond donors (Lipinski definition) is 1. The molecule has 3 heteroatoms. The molecule has 0 atom stereocenters. The molecule has 0 unspecified atom stereocenters. The van der Waals surface area contributed by atoms with Crippen molar-refractivity contribution in [1.29, 1.82) is 0 Å². The molecule has 1 aromatic carbocycles. The van der Waals surface area contributed by atoms with Crippen molar-refractivity contribution in [3.63, 3.8) is 0 Å². The van der Waals surface area contributed by atoms with Crippen molar-refractivity contribution in [2.24, 2.45) is 0 Å². The van der Waals surface area contributed by atoms with Gasteiger partial charge in [0.25, 0.3) is 0 Å². The lowest BCUT2D eigenvalue weighted by molar-refractivity contribution is 0.587. The van der Waals surface area contributed by atoms with E-state index in [0.29, 0.717) is 12.6 Å². The Hall–Kier alpha value is -1.19. The Morgan fingerprint density at radius 3 is 2.83 bits per heavy atom. The molecule has 0 amide bonds. The maximum atomic E-state index is 13.7. The van der Waals surface area contributed by atoms with Gasteiger partial charge in [-0.25, -0.2) is 4.39 Å². The lowest BCUT2D eigenvalue weighted by Crippen LogP contribution is -2.16. The first-order valence-electron chi connectivity index (χ1n) is 6.30. The van der Waals surface area contributed by atoms with Crippen LogP contribution in [0.1, 0.15) is 24.0 Å². The van der Waals surface area contributed by atoms with Crippen LogP contribution in [-0.4, -0.2) is 6.04 Å². The zero-order valence-electron chi connectivity index (χ0n) is 10.4. The fourth-order valence-corrected chi connectivity index (χ4v) is 2.99. The largest absolute Gasteiger partial charge is 0.310 e. The number of aryl methyl sites for hydroxylation is 1. The minimum atomic E-state index is -0.110. The zero-order valence-corrected chi connectivity index (χ0v) is 11.2.